The van der Waals surface area contributed by atoms with Crippen molar-refractivity contribution in [3.63, 3.8) is 0 Å². The molecule has 3 aromatic rings. The van der Waals surface area contributed by atoms with Gasteiger partial charge in [-0.05, 0) is 12.1 Å². The molecule has 1 heterocycles. The molecule has 1 N–H and O–H groups in total. The summed E-state index contributed by atoms with van der Waals surface area (Å²) in [6.07, 6.45) is 1.42. The van der Waals surface area contributed by atoms with Gasteiger partial charge in [-0.2, -0.15) is 0 Å². The first-order chi connectivity index (χ1) is 12.2. The summed E-state index contributed by atoms with van der Waals surface area (Å²) in [5.41, 5.74) is 1.12. The van der Waals surface area contributed by atoms with Crippen LogP contribution in [0.3, 0.4) is 0 Å². The summed E-state index contributed by atoms with van der Waals surface area (Å²) >= 11 is 0. The van der Waals surface area contributed by atoms with Gasteiger partial charge in [0, 0.05) is 12.1 Å². The Morgan fingerprint density at radius 3 is 2.44 bits per heavy atom. The summed E-state index contributed by atoms with van der Waals surface area (Å²) in [4.78, 5) is 8.54. The van der Waals surface area contributed by atoms with Crippen molar-refractivity contribution in [3.05, 3.63) is 48.0 Å². The Morgan fingerprint density at radius 2 is 1.76 bits per heavy atom. The van der Waals surface area contributed by atoms with Gasteiger partial charge in [0.15, 0.2) is 11.5 Å². The van der Waals surface area contributed by atoms with Crippen molar-refractivity contribution in [1.29, 1.82) is 0 Å². The Kier molecular flexibility index (Phi) is 4.83. The minimum atomic E-state index is -0.273. The number of fused-ring (bicyclic) bond motifs is 1. The van der Waals surface area contributed by atoms with Crippen molar-refractivity contribution < 1.29 is 18.6 Å². The molecule has 130 valence electrons. The Bertz CT molecular complexity index is 902. The van der Waals surface area contributed by atoms with Gasteiger partial charge in [0.25, 0.3) is 0 Å². The number of methoxy groups -OCH3 is 3. The number of nitrogens with one attached hydrogen (secondary N) is 1. The van der Waals surface area contributed by atoms with Gasteiger partial charge < -0.3 is 19.5 Å². The first-order valence-electron chi connectivity index (χ1n) is 7.60. The van der Waals surface area contributed by atoms with Crippen LogP contribution in [-0.4, -0.2) is 31.3 Å². The number of halogens is 1. The molecule has 0 unspecified atom stereocenters. The number of aromatic nitrogens is 2. The van der Waals surface area contributed by atoms with Crippen LogP contribution in [0.5, 0.6) is 17.2 Å². The van der Waals surface area contributed by atoms with Crippen LogP contribution in [0.1, 0.15) is 5.56 Å². The number of ether oxygens (including phenoxy) is 3. The van der Waals surface area contributed by atoms with Crippen molar-refractivity contribution in [2.75, 3.05) is 26.6 Å². The topological polar surface area (TPSA) is 65.5 Å². The minimum absolute atomic E-state index is 0.273. The van der Waals surface area contributed by atoms with Gasteiger partial charge in [-0.25, -0.2) is 14.4 Å². The van der Waals surface area contributed by atoms with Crippen LogP contribution >= 0.6 is 0 Å². The number of anilines is 1. The van der Waals surface area contributed by atoms with E-state index >= 15 is 0 Å². The Balaban J connectivity index is 2.06. The normalized spacial score (nSPS) is 10.6. The van der Waals surface area contributed by atoms with Crippen LogP contribution < -0.4 is 19.5 Å². The van der Waals surface area contributed by atoms with E-state index in [1.165, 1.54) is 26.6 Å². The molecule has 0 aliphatic heterocycles. The van der Waals surface area contributed by atoms with E-state index in [1.54, 1.807) is 31.4 Å². The quantitative estimate of drug-likeness (QED) is 0.740. The first kappa shape index (κ1) is 16.8. The van der Waals surface area contributed by atoms with Gasteiger partial charge >= 0.3 is 0 Å². The zero-order valence-electron chi connectivity index (χ0n) is 14.2. The summed E-state index contributed by atoms with van der Waals surface area (Å²) in [6.45, 7) is 0.287. The molecular formula is C18H18FN3O3. The number of rotatable bonds is 6. The van der Waals surface area contributed by atoms with Gasteiger partial charge in [0.05, 0.1) is 26.7 Å². The predicted molar refractivity (Wildman–Crippen MR) is 92.9 cm³/mol. The average Bonchev–Trinajstić information content (AvgIpc) is 2.65. The fourth-order valence-electron chi connectivity index (χ4n) is 2.63. The molecule has 1 aromatic heterocycles. The van der Waals surface area contributed by atoms with Crippen molar-refractivity contribution in [2.24, 2.45) is 0 Å². The molecule has 0 aliphatic rings. The lowest BCUT2D eigenvalue weighted by Crippen LogP contribution is -2.05. The minimum Gasteiger partial charge on any atom is -0.493 e. The molecule has 0 aliphatic carbocycles. The standard InChI is InChI=1S/C18H18FN3O3/c1-23-14-8-12-15(17(25-3)16(14)24-2)21-10-22-18(12)20-9-11-6-4-5-7-13(11)19/h4-8,10H,9H2,1-3H3,(H,20,21,22). The number of hydrogen-bond donors (Lipinski definition) is 1. The van der Waals surface area contributed by atoms with E-state index in [9.17, 15) is 4.39 Å². The largest absolute Gasteiger partial charge is 0.493 e. The molecule has 3 rings (SSSR count). The molecule has 0 radical (unpaired) electrons. The maximum absolute atomic E-state index is 13.8. The van der Waals surface area contributed by atoms with Crippen LogP contribution in [-0.2, 0) is 6.54 Å². The first-order valence-corrected chi connectivity index (χ1v) is 7.60. The fraction of sp³-hybridized carbons (Fsp3) is 0.222. The average molecular weight is 343 g/mol. The van der Waals surface area contributed by atoms with E-state index in [2.05, 4.69) is 15.3 Å². The third-order valence-electron chi connectivity index (χ3n) is 3.84. The predicted octanol–water partition coefficient (Wildman–Crippen LogP) is 3.41. The van der Waals surface area contributed by atoms with Crippen LogP contribution in [0.2, 0.25) is 0 Å². The lowest BCUT2D eigenvalue weighted by Gasteiger charge is -2.16. The molecule has 0 amide bonds. The van der Waals surface area contributed by atoms with E-state index in [-0.39, 0.29) is 12.4 Å². The third kappa shape index (κ3) is 3.13. The monoisotopic (exact) mass is 343 g/mol. The fourth-order valence-corrected chi connectivity index (χ4v) is 2.63. The van der Waals surface area contributed by atoms with Crippen molar-refractivity contribution in [2.45, 2.75) is 6.54 Å². The van der Waals surface area contributed by atoms with Crippen LogP contribution in [0.15, 0.2) is 36.7 Å². The lowest BCUT2D eigenvalue weighted by atomic mass is 10.1. The third-order valence-corrected chi connectivity index (χ3v) is 3.84. The molecule has 7 heteroatoms. The highest BCUT2D eigenvalue weighted by Crippen LogP contribution is 2.43. The molecule has 0 fully saturated rings. The van der Waals surface area contributed by atoms with Crippen molar-refractivity contribution >= 4 is 16.7 Å². The van der Waals surface area contributed by atoms with E-state index < -0.39 is 0 Å². The van der Waals surface area contributed by atoms with Crippen molar-refractivity contribution in [3.8, 4) is 17.2 Å². The highest BCUT2D eigenvalue weighted by atomic mass is 19.1. The Hall–Kier alpha value is -3.09. The van der Waals surface area contributed by atoms with Gasteiger partial charge in [-0.1, -0.05) is 18.2 Å². The molecule has 2 aromatic carbocycles. The summed E-state index contributed by atoms with van der Waals surface area (Å²) < 4.78 is 30.0. The lowest BCUT2D eigenvalue weighted by molar-refractivity contribution is 0.327. The summed E-state index contributed by atoms with van der Waals surface area (Å²) in [6, 6.07) is 8.35. The summed E-state index contributed by atoms with van der Waals surface area (Å²) in [5, 5.41) is 3.83. The van der Waals surface area contributed by atoms with E-state index in [0.717, 1.165) is 0 Å². The molecule has 0 spiro atoms. The van der Waals surface area contributed by atoms with Crippen molar-refractivity contribution in [1.82, 2.24) is 9.97 Å². The molecule has 0 saturated heterocycles. The Labute approximate surface area is 144 Å². The van der Waals surface area contributed by atoms with E-state index in [1.807, 2.05) is 0 Å². The number of hydrogen-bond acceptors (Lipinski definition) is 6. The van der Waals surface area contributed by atoms with Crippen LogP contribution in [0.4, 0.5) is 10.2 Å². The SMILES string of the molecule is COc1cc2c(NCc3ccccc3F)ncnc2c(OC)c1OC. The molecule has 0 saturated carbocycles. The van der Waals surface area contributed by atoms with E-state index in [0.29, 0.717) is 39.5 Å². The molecule has 6 nitrogen and oxygen atoms in total. The number of nitrogens with zero attached hydrogens (tertiary/aromatic N) is 2. The smallest absolute Gasteiger partial charge is 0.205 e. The van der Waals surface area contributed by atoms with Gasteiger partial charge in [0.1, 0.15) is 23.5 Å². The molecule has 0 atom stereocenters. The maximum Gasteiger partial charge on any atom is 0.205 e. The van der Waals surface area contributed by atoms with Gasteiger partial charge in [-0.3, -0.25) is 0 Å². The molecular weight excluding hydrogens is 325 g/mol. The van der Waals surface area contributed by atoms with Crippen LogP contribution in [0, 0.1) is 5.82 Å². The second-order valence-corrected chi connectivity index (χ2v) is 5.21. The van der Waals surface area contributed by atoms with E-state index in [4.69, 9.17) is 14.2 Å². The number of benzene rings is 2. The molecule has 0 bridgehead atoms. The van der Waals surface area contributed by atoms with Crippen LogP contribution in [0.25, 0.3) is 10.9 Å². The summed E-state index contributed by atoms with van der Waals surface area (Å²) in [7, 11) is 4.61. The summed E-state index contributed by atoms with van der Waals surface area (Å²) in [5.74, 6) is 1.68. The highest BCUT2D eigenvalue weighted by Gasteiger charge is 2.19. The Morgan fingerprint density at radius 1 is 1.00 bits per heavy atom. The van der Waals surface area contributed by atoms with Gasteiger partial charge in [0.2, 0.25) is 5.75 Å². The zero-order chi connectivity index (χ0) is 17.8. The second-order valence-electron chi connectivity index (χ2n) is 5.21. The second kappa shape index (κ2) is 7.21. The highest BCUT2D eigenvalue weighted by molar-refractivity contribution is 5.96. The maximum atomic E-state index is 13.8. The zero-order valence-corrected chi connectivity index (χ0v) is 14.2. The van der Waals surface area contributed by atoms with Gasteiger partial charge in [-0.15, -0.1) is 0 Å². The molecule has 25 heavy (non-hydrogen) atoms.